The highest BCUT2D eigenvalue weighted by atomic mass is 16.2. The smallest absolute Gasteiger partial charge is 0.251 e. The molecular weight excluding hydrogens is 304 g/mol. The molecule has 2 amide bonds. The van der Waals surface area contributed by atoms with Gasteiger partial charge in [0.1, 0.15) is 12.6 Å². The van der Waals surface area contributed by atoms with Gasteiger partial charge in [-0.1, -0.05) is 19.9 Å². The average molecular weight is 324 g/mol. The van der Waals surface area contributed by atoms with E-state index in [1.165, 1.54) is 0 Å². The Morgan fingerprint density at radius 1 is 1.29 bits per heavy atom. The molecule has 0 saturated heterocycles. The first-order valence-corrected chi connectivity index (χ1v) is 7.81. The number of nitriles is 1. The molecule has 1 atom stereocenters. The molecule has 1 aromatic heterocycles. The molecule has 0 unspecified atom stereocenters. The van der Waals surface area contributed by atoms with E-state index in [1.54, 1.807) is 30.5 Å². The largest absolute Gasteiger partial charge is 0.341 e. The maximum Gasteiger partial charge on any atom is 0.251 e. The number of hydrogen-bond donors (Lipinski definition) is 2. The van der Waals surface area contributed by atoms with Crippen molar-refractivity contribution in [3.05, 3.63) is 42.1 Å². The van der Waals surface area contributed by atoms with Gasteiger partial charge in [0.2, 0.25) is 5.91 Å². The number of hydrogen-bond acceptors (Lipinski definition) is 4. The van der Waals surface area contributed by atoms with Crippen molar-refractivity contribution in [3.8, 4) is 6.07 Å². The zero-order chi connectivity index (χ0) is 17.5. The molecule has 1 aromatic carbocycles. The van der Waals surface area contributed by atoms with Gasteiger partial charge in [-0.25, -0.2) is 0 Å². The lowest BCUT2D eigenvalue weighted by molar-refractivity contribution is -0.123. The fourth-order valence-corrected chi connectivity index (χ4v) is 2.41. The van der Waals surface area contributed by atoms with Gasteiger partial charge in [0.15, 0.2) is 0 Å². The molecule has 0 saturated carbocycles. The first kappa shape index (κ1) is 17.4. The molecule has 0 aliphatic rings. The summed E-state index contributed by atoms with van der Waals surface area (Å²) >= 11 is 0. The van der Waals surface area contributed by atoms with Crippen molar-refractivity contribution in [1.82, 2.24) is 15.6 Å². The van der Waals surface area contributed by atoms with Gasteiger partial charge in [-0.05, 0) is 36.6 Å². The van der Waals surface area contributed by atoms with Crippen LogP contribution in [0.2, 0.25) is 0 Å². The Labute approximate surface area is 140 Å². The molecule has 124 valence electrons. The maximum atomic E-state index is 12.5. The first-order chi connectivity index (χ1) is 11.5. The number of carbonyl (C=O) groups excluding carboxylic acids is 2. The van der Waals surface area contributed by atoms with E-state index in [1.807, 2.05) is 26.0 Å². The minimum atomic E-state index is -0.671. The minimum Gasteiger partial charge on any atom is -0.341 e. The van der Waals surface area contributed by atoms with Crippen molar-refractivity contribution in [3.63, 3.8) is 0 Å². The summed E-state index contributed by atoms with van der Waals surface area (Å²) in [5, 5.41) is 14.7. The van der Waals surface area contributed by atoms with Gasteiger partial charge in [-0.3, -0.25) is 14.6 Å². The second-order valence-corrected chi connectivity index (χ2v) is 5.94. The molecule has 1 heterocycles. The number of amides is 2. The van der Waals surface area contributed by atoms with E-state index in [4.69, 9.17) is 5.26 Å². The van der Waals surface area contributed by atoms with Crippen molar-refractivity contribution >= 4 is 22.7 Å². The SMILES string of the molecule is CC(C)C[C@H](NC(=O)c1ccc2ncccc2c1)C(=O)NCC#N. The summed E-state index contributed by atoms with van der Waals surface area (Å²) in [7, 11) is 0. The van der Waals surface area contributed by atoms with Crippen molar-refractivity contribution in [1.29, 1.82) is 5.26 Å². The highest BCUT2D eigenvalue weighted by Crippen LogP contribution is 2.14. The van der Waals surface area contributed by atoms with E-state index in [-0.39, 0.29) is 24.3 Å². The normalized spacial score (nSPS) is 11.8. The van der Waals surface area contributed by atoms with Crippen LogP contribution in [-0.2, 0) is 4.79 Å². The highest BCUT2D eigenvalue weighted by Gasteiger charge is 2.22. The summed E-state index contributed by atoms with van der Waals surface area (Å²) in [6.45, 7) is 3.86. The molecular formula is C18H20N4O2. The number of benzene rings is 1. The Bertz CT molecular complexity index is 780. The number of nitrogens with zero attached hydrogens (tertiary/aromatic N) is 2. The molecule has 0 fully saturated rings. The van der Waals surface area contributed by atoms with E-state index in [2.05, 4.69) is 15.6 Å². The van der Waals surface area contributed by atoms with Crippen molar-refractivity contribution < 1.29 is 9.59 Å². The van der Waals surface area contributed by atoms with E-state index < -0.39 is 6.04 Å². The third-order valence-electron chi connectivity index (χ3n) is 3.54. The summed E-state index contributed by atoms with van der Waals surface area (Å²) in [5.74, 6) is -0.441. The maximum absolute atomic E-state index is 12.5. The molecule has 0 aliphatic heterocycles. The molecule has 2 rings (SSSR count). The Hall–Kier alpha value is -2.94. The number of fused-ring (bicyclic) bond motifs is 1. The van der Waals surface area contributed by atoms with E-state index in [0.29, 0.717) is 12.0 Å². The molecule has 24 heavy (non-hydrogen) atoms. The molecule has 2 aromatic rings. The summed E-state index contributed by atoms with van der Waals surface area (Å²) in [6, 6.07) is 10.1. The summed E-state index contributed by atoms with van der Waals surface area (Å²) in [5.41, 5.74) is 1.27. The quantitative estimate of drug-likeness (QED) is 0.795. The van der Waals surface area contributed by atoms with Crippen molar-refractivity contribution in [2.45, 2.75) is 26.3 Å². The van der Waals surface area contributed by atoms with Gasteiger partial charge in [0.25, 0.3) is 5.91 Å². The fraction of sp³-hybridized carbons (Fsp3) is 0.333. The summed E-state index contributed by atoms with van der Waals surface area (Å²) in [4.78, 5) is 28.8. The number of rotatable bonds is 6. The van der Waals surface area contributed by atoms with Crippen LogP contribution in [0.5, 0.6) is 0 Å². The lowest BCUT2D eigenvalue weighted by Gasteiger charge is -2.19. The lowest BCUT2D eigenvalue weighted by atomic mass is 10.0. The van der Waals surface area contributed by atoms with Crippen LogP contribution in [0, 0.1) is 17.2 Å². The average Bonchev–Trinajstić information content (AvgIpc) is 2.58. The Balaban J connectivity index is 2.15. The lowest BCUT2D eigenvalue weighted by Crippen LogP contribution is -2.47. The van der Waals surface area contributed by atoms with E-state index in [0.717, 1.165) is 10.9 Å². The second kappa shape index (κ2) is 8.06. The zero-order valence-corrected chi connectivity index (χ0v) is 13.7. The van der Waals surface area contributed by atoms with Crippen LogP contribution in [0.15, 0.2) is 36.5 Å². The van der Waals surface area contributed by atoms with Crippen molar-refractivity contribution in [2.24, 2.45) is 5.92 Å². The summed E-state index contributed by atoms with van der Waals surface area (Å²) < 4.78 is 0. The molecule has 2 N–H and O–H groups in total. The number of nitrogens with one attached hydrogen (secondary N) is 2. The van der Waals surface area contributed by atoms with Crippen LogP contribution in [0.4, 0.5) is 0 Å². The molecule has 0 aliphatic carbocycles. The topological polar surface area (TPSA) is 94.9 Å². The van der Waals surface area contributed by atoms with Gasteiger partial charge in [0.05, 0.1) is 11.6 Å². The number of carbonyl (C=O) groups is 2. The molecule has 0 radical (unpaired) electrons. The van der Waals surface area contributed by atoms with Crippen LogP contribution in [0.3, 0.4) is 0 Å². The minimum absolute atomic E-state index is 0.0784. The molecule has 6 nitrogen and oxygen atoms in total. The third-order valence-corrected chi connectivity index (χ3v) is 3.54. The van der Waals surface area contributed by atoms with Gasteiger partial charge >= 0.3 is 0 Å². The number of pyridine rings is 1. The van der Waals surface area contributed by atoms with E-state index in [9.17, 15) is 9.59 Å². The monoisotopic (exact) mass is 324 g/mol. The van der Waals surface area contributed by atoms with Crippen molar-refractivity contribution in [2.75, 3.05) is 6.54 Å². The second-order valence-electron chi connectivity index (χ2n) is 5.94. The number of aromatic nitrogens is 1. The summed E-state index contributed by atoms with van der Waals surface area (Å²) in [6.07, 6.45) is 2.19. The van der Waals surface area contributed by atoms with E-state index >= 15 is 0 Å². The Kier molecular flexibility index (Phi) is 5.85. The third kappa shape index (κ3) is 4.53. The van der Waals surface area contributed by atoms with Gasteiger partial charge in [0, 0.05) is 17.1 Å². The molecule has 6 heteroatoms. The predicted octanol–water partition coefficient (Wildman–Crippen LogP) is 2.02. The van der Waals surface area contributed by atoms with Crippen LogP contribution >= 0.6 is 0 Å². The fourth-order valence-electron chi connectivity index (χ4n) is 2.41. The van der Waals surface area contributed by atoms with Crippen LogP contribution < -0.4 is 10.6 Å². The molecule has 0 spiro atoms. The Morgan fingerprint density at radius 2 is 2.08 bits per heavy atom. The van der Waals surface area contributed by atoms with Crippen LogP contribution in [-0.4, -0.2) is 29.4 Å². The highest BCUT2D eigenvalue weighted by molar-refractivity contribution is 6.00. The molecule has 0 bridgehead atoms. The van der Waals surface area contributed by atoms with Gasteiger partial charge in [-0.2, -0.15) is 5.26 Å². The van der Waals surface area contributed by atoms with Crippen LogP contribution in [0.1, 0.15) is 30.6 Å². The van der Waals surface area contributed by atoms with Gasteiger partial charge < -0.3 is 10.6 Å². The van der Waals surface area contributed by atoms with Crippen LogP contribution in [0.25, 0.3) is 10.9 Å². The van der Waals surface area contributed by atoms with Gasteiger partial charge in [-0.15, -0.1) is 0 Å². The predicted molar refractivity (Wildman–Crippen MR) is 91.1 cm³/mol. The zero-order valence-electron chi connectivity index (χ0n) is 13.7. The standard InChI is InChI=1S/C18H20N4O2/c1-12(2)10-16(18(24)21-9-7-19)22-17(23)14-5-6-15-13(11-14)4-3-8-20-15/h3-6,8,11-12,16H,9-10H2,1-2H3,(H,21,24)(H,22,23)/t16-/m0/s1. The Morgan fingerprint density at radius 3 is 2.79 bits per heavy atom. The first-order valence-electron chi connectivity index (χ1n) is 7.81.